The third-order valence-electron chi connectivity index (χ3n) is 3.88. The van der Waals surface area contributed by atoms with Gasteiger partial charge in [-0.25, -0.2) is 0 Å². The Kier molecular flexibility index (Phi) is 8.17. The lowest BCUT2D eigenvalue weighted by atomic mass is 10.3. The fraction of sp³-hybridized carbons (Fsp3) is 0.182. The van der Waals surface area contributed by atoms with Crippen molar-refractivity contribution in [1.29, 1.82) is 0 Å². The van der Waals surface area contributed by atoms with Crippen LogP contribution in [0, 0.1) is 0 Å². The summed E-state index contributed by atoms with van der Waals surface area (Å²) < 4.78 is 10.6. The predicted octanol–water partition coefficient (Wildman–Crippen LogP) is 6.56. The van der Waals surface area contributed by atoms with Crippen molar-refractivity contribution in [3.63, 3.8) is 0 Å². The van der Waals surface area contributed by atoms with Gasteiger partial charge in [0.05, 0.1) is 11.9 Å². The second-order valence-electron chi connectivity index (χ2n) is 5.74. The van der Waals surface area contributed by atoms with Crippen molar-refractivity contribution in [3.8, 4) is 0 Å². The summed E-state index contributed by atoms with van der Waals surface area (Å²) in [5.74, 6) is 1.28. The molecule has 0 aliphatic heterocycles. The Morgan fingerprint density at radius 3 is 1.67 bits per heavy atom. The van der Waals surface area contributed by atoms with E-state index in [1.165, 1.54) is 24.5 Å². The predicted molar refractivity (Wildman–Crippen MR) is 119 cm³/mol. The number of hydrogen-bond donors (Lipinski definition) is 1. The molecule has 2 nitrogen and oxygen atoms in total. The smallest absolute Gasteiger partial charge is 0.0963 e. The van der Waals surface area contributed by atoms with Crippen LogP contribution in [-0.4, -0.2) is 26.1 Å². The zero-order chi connectivity index (χ0) is 18.9. The summed E-state index contributed by atoms with van der Waals surface area (Å²) in [5, 5.41) is 0. The highest BCUT2D eigenvalue weighted by atomic mass is 32.2. The molecule has 0 spiro atoms. The molecule has 3 aromatic carbocycles. The highest BCUT2D eigenvalue weighted by Crippen LogP contribution is 2.52. The standard InChI is InChI=1S/C22H24O2S3/c1-23-16-25-21-14-13-20(15-22(21)26-17-24-2)27(18-9-5-3-6-10-18)19-11-7-4-8-12-19/h3-15,27H,16-17H2,1-2H3. The number of thiol groups is 1. The molecule has 0 atom stereocenters. The Bertz CT molecular complexity index is 786. The summed E-state index contributed by atoms with van der Waals surface area (Å²) in [6.07, 6.45) is 0. The number of rotatable bonds is 9. The van der Waals surface area contributed by atoms with Crippen molar-refractivity contribution >= 4 is 34.4 Å². The fourth-order valence-electron chi connectivity index (χ4n) is 2.71. The summed E-state index contributed by atoms with van der Waals surface area (Å²) in [5.41, 5.74) is 0. The van der Waals surface area contributed by atoms with E-state index >= 15 is 0 Å². The van der Waals surface area contributed by atoms with E-state index < -0.39 is 10.9 Å². The molecule has 0 saturated heterocycles. The van der Waals surface area contributed by atoms with Crippen LogP contribution in [0.2, 0.25) is 0 Å². The molecular formula is C22H24O2S3. The first kappa shape index (κ1) is 20.4. The van der Waals surface area contributed by atoms with E-state index in [0.717, 1.165) is 0 Å². The fourth-order valence-corrected chi connectivity index (χ4v) is 6.75. The van der Waals surface area contributed by atoms with Crippen molar-refractivity contribution < 1.29 is 9.47 Å². The summed E-state index contributed by atoms with van der Waals surface area (Å²) in [6.45, 7) is 0. The minimum atomic E-state index is -0.597. The van der Waals surface area contributed by atoms with Crippen LogP contribution in [0.5, 0.6) is 0 Å². The maximum Gasteiger partial charge on any atom is 0.0963 e. The maximum absolute atomic E-state index is 5.30. The largest absolute Gasteiger partial charge is 0.374 e. The number of benzene rings is 3. The molecular weight excluding hydrogens is 392 g/mol. The minimum absolute atomic E-state index is 0.597. The van der Waals surface area contributed by atoms with Gasteiger partial charge in [-0.05, 0) is 57.2 Å². The molecule has 27 heavy (non-hydrogen) atoms. The van der Waals surface area contributed by atoms with E-state index in [1.807, 2.05) is 0 Å². The Labute approximate surface area is 173 Å². The quantitative estimate of drug-likeness (QED) is 0.242. The molecule has 0 fully saturated rings. The first-order chi connectivity index (χ1) is 13.3. The molecule has 0 amide bonds. The van der Waals surface area contributed by atoms with E-state index in [4.69, 9.17) is 9.47 Å². The van der Waals surface area contributed by atoms with Gasteiger partial charge in [-0.2, -0.15) is 10.9 Å². The lowest BCUT2D eigenvalue weighted by Gasteiger charge is -2.24. The van der Waals surface area contributed by atoms with E-state index in [9.17, 15) is 0 Å². The molecule has 0 N–H and O–H groups in total. The molecule has 0 heterocycles. The van der Waals surface area contributed by atoms with Crippen LogP contribution in [-0.2, 0) is 9.47 Å². The first-order valence-electron chi connectivity index (χ1n) is 8.61. The van der Waals surface area contributed by atoms with Crippen LogP contribution >= 0.6 is 34.4 Å². The van der Waals surface area contributed by atoms with Crippen molar-refractivity contribution in [3.05, 3.63) is 78.9 Å². The van der Waals surface area contributed by atoms with Gasteiger partial charge in [-0.3, -0.25) is 0 Å². The monoisotopic (exact) mass is 416 g/mol. The molecule has 0 aliphatic rings. The summed E-state index contributed by atoms with van der Waals surface area (Å²) in [4.78, 5) is 6.55. The normalized spacial score (nSPS) is 11.4. The summed E-state index contributed by atoms with van der Waals surface area (Å²) in [6, 6.07) is 28.4. The SMILES string of the molecule is COCSc1ccc([SH](c2ccccc2)c2ccccc2)cc1SCOC. The third-order valence-corrected chi connectivity index (χ3v) is 8.45. The van der Waals surface area contributed by atoms with E-state index in [1.54, 1.807) is 37.7 Å². The van der Waals surface area contributed by atoms with Gasteiger partial charge in [0, 0.05) is 24.0 Å². The van der Waals surface area contributed by atoms with Crippen LogP contribution in [0.3, 0.4) is 0 Å². The Morgan fingerprint density at radius 2 is 1.15 bits per heavy atom. The topological polar surface area (TPSA) is 18.5 Å². The number of methoxy groups -OCH3 is 2. The van der Waals surface area contributed by atoms with Gasteiger partial charge in [0.2, 0.25) is 0 Å². The highest BCUT2D eigenvalue weighted by molar-refractivity contribution is 8.17. The van der Waals surface area contributed by atoms with Crippen molar-refractivity contribution in [2.24, 2.45) is 0 Å². The molecule has 3 rings (SSSR count). The van der Waals surface area contributed by atoms with Crippen molar-refractivity contribution in [1.82, 2.24) is 0 Å². The molecule has 0 bridgehead atoms. The third kappa shape index (κ3) is 5.56. The summed E-state index contributed by atoms with van der Waals surface area (Å²) >= 11 is 3.45. The van der Waals surface area contributed by atoms with Gasteiger partial charge < -0.3 is 9.47 Å². The van der Waals surface area contributed by atoms with Gasteiger partial charge >= 0.3 is 0 Å². The average molecular weight is 417 g/mol. The average Bonchev–Trinajstić information content (AvgIpc) is 2.73. The van der Waals surface area contributed by atoms with Crippen LogP contribution < -0.4 is 0 Å². The van der Waals surface area contributed by atoms with Gasteiger partial charge in [0.1, 0.15) is 0 Å². The van der Waals surface area contributed by atoms with Crippen LogP contribution in [0.15, 0.2) is 103 Å². The molecule has 0 unspecified atom stereocenters. The zero-order valence-corrected chi connectivity index (χ0v) is 18.0. The second kappa shape index (κ2) is 10.8. The van der Waals surface area contributed by atoms with Crippen LogP contribution in [0.1, 0.15) is 0 Å². The zero-order valence-electron chi connectivity index (χ0n) is 15.5. The van der Waals surface area contributed by atoms with Crippen molar-refractivity contribution in [2.45, 2.75) is 24.5 Å². The Hall–Kier alpha value is -1.37. The molecule has 0 saturated carbocycles. The maximum atomic E-state index is 5.30. The van der Waals surface area contributed by atoms with Gasteiger partial charge in [0.15, 0.2) is 0 Å². The lowest BCUT2D eigenvalue weighted by Crippen LogP contribution is -1.92. The number of ether oxygens (including phenoxy) is 2. The minimum Gasteiger partial charge on any atom is -0.374 e. The van der Waals surface area contributed by atoms with E-state index in [0.29, 0.717) is 11.9 Å². The van der Waals surface area contributed by atoms with Gasteiger partial charge in [-0.1, -0.05) is 59.9 Å². The van der Waals surface area contributed by atoms with Crippen LogP contribution in [0.4, 0.5) is 0 Å². The number of thioether (sulfide) groups is 2. The molecule has 3 aromatic rings. The molecule has 0 aliphatic carbocycles. The second-order valence-corrected chi connectivity index (χ2v) is 9.89. The first-order valence-corrected chi connectivity index (χ1v) is 11.9. The molecule has 0 radical (unpaired) electrons. The van der Waals surface area contributed by atoms with Crippen LogP contribution in [0.25, 0.3) is 0 Å². The van der Waals surface area contributed by atoms with E-state index in [2.05, 4.69) is 78.9 Å². The van der Waals surface area contributed by atoms with E-state index in [-0.39, 0.29) is 0 Å². The number of hydrogen-bond acceptors (Lipinski definition) is 4. The lowest BCUT2D eigenvalue weighted by molar-refractivity contribution is 0.258. The Balaban J connectivity index is 2.03. The highest BCUT2D eigenvalue weighted by Gasteiger charge is 2.15. The van der Waals surface area contributed by atoms with Crippen molar-refractivity contribution in [2.75, 3.05) is 26.1 Å². The summed E-state index contributed by atoms with van der Waals surface area (Å²) in [7, 11) is 2.87. The molecule has 0 aromatic heterocycles. The molecule has 142 valence electrons. The van der Waals surface area contributed by atoms with Gasteiger partial charge in [-0.15, -0.1) is 0 Å². The molecule has 5 heteroatoms. The Morgan fingerprint density at radius 1 is 0.630 bits per heavy atom. The van der Waals surface area contributed by atoms with Gasteiger partial charge in [0.25, 0.3) is 0 Å².